The molecule has 2 amide bonds. The summed E-state index contributed by atoms with van der Waals surface area (Å²) in [7, 11) is 0. The molecule has 11 heteroatoms. The lowest BCUT2D eigenvalue weighted by molar-refractivity contribution is -0.274. The first-order valence-electron chi connectivity index (χ1n) is 11.8. The number of urea groups is 1. The molecule has 1 unspecified atom stereocenters. The number of ether oxygens (including phenoxy) is 1. The summed E-state index contributed by atoms with van der Waals surface area (Å²) in [6.07, 6.45) is -2.85. The summed E-state index contributed by atoms with van der Waals surface area (Å²) in [4.78, 5) is 21.5. The Kier molecular flexibility index (Phi) is 8.01. The molecule has 1 atom stereocenters. The number of anilines is 1. The Bertz CT molecular complexity index is 1320. The molecule has 0 aliphatic carbocycles. The van der Waals surface area contributed by atoms with E-state index in [2.05, 4.69) is 20.4 Å². The monoisotopic (exact) mass is 522 g/mol. The second-order valence-corrected chi connectivity index (χ2v) is 8.53. The number of carbonyl (C=O) groups is 1. The van der Waals surface area contributed by atoms with Crippen LogP contribution in [-0.2, 0) is 0 Å². The topological polar surface area (TPSA) is 93.0 Å². The first kappa shape index (κ1) is 26.3. The SMILES string of the molecule is Cc1ccccc1N=C(NC#N)N1CCN(C(=O)Nc2ccc(OC(F)(F)F)cc2)C(c2ccccc2)C1. The Labute approximate surface area is 218 Å². The van der Waals surface area contributed by atoms with Crippen LogP contribution in [0.2, 0.25) is 0 Å². The van der Waals surface area contributed by atoms with Gasteiger partial charge in [0.15, 0.2) is 6.19 Å². The number of nitriles is 1. The molecule has 0 radical (unpaired) electrons. The van der Waals surface area contributed by atoms with Crippen LogP contribution in [-0.4, -0.2) is 47.8 Å². The average molecular weight is 523 g/mol. The highest BCUT2D eigenvalue weighted by atomic mass is 19.4. The number of hydrogen-bond donors (Lipinski definition) is 2. The zero-order valence-corrected chi connectivity index (χ0v) is 20.4. The van der Waals surface area contributed by atoms with Crippen molar-refractivity contribution in [3.05, 3.63) is 90.0 Å². The number of carbonyl (C=O) groups excluding carboxylic acids is 1. The Hall–Kier alpha value is -4.72. The van der Waals surface area contributed by atoms with Gasteiger partial charge in [-0.25, -0.2) is 9.79 Å². The van der Waals surface area contributed by atoms with Crippen molar-refractivity contribution in [2.75, 3.05) is 25.0 Å². The third-order valence-corrected chi connectivity index (χ3v) is 5.97. The van der Waals surface area contributed by atoms with Crippen LogP contribution < -0.4 is 15.4 Å². The Morgan fingerprint density at radius 3 is 2.37 bits per heavy atom. The van der Waals surface area contributed by atoms with Crippen LogP contribution in [0.5, 0.6) is 5.75 Å². The molecule has 0 spiro atoms. The maximum atomic E-state index is 13.3. The number of rotatable bonds is 4. The van der Waals surface area contributed by atoms with Crippen molar-refractivity contribution in [2.24, 2.45) is 4.99 Å². The number of aliphatic imine (C=N–C) groups is 1. The van der Waals surface area contributed by atoms with Gasteiger partial charge in [-0.05, 0) is 48.4 Å². The summed E-state index contributed by atoms with van der Waals surface area (Å²) in [5.74, 6) is -0.000203. The molecule has 1 heterocycles. The third-order valence-electron chi connectivity index (χ3n) is 5.97. The molecule has 4 rings (SSSR count). The normalized spacial score (nSPS) is 16.0. The summed E-state index contributed by atoms with van der Waals surface area (Å²) >= 11 is 0. The number of aryl methyl sites for hydroxylation is 1. The minimum absolute atomic E-state index is 0.306. The lowest BCUT2D eigenvalue weighted by Gasteiger charge is -2.42. The first-order chi connectivity index (χ1) is 18.2. The van der Waals surface area contributed by atoms with Gasteiger partial charge in [0.1, 0.15) is 5.75 Å². The Morgan fingerprint density at radius 1 is 1.03 bits per heavy atom. The molecule has 1 fully saturated rings. The van der Waals surface area contributed by atoms with Crippen LogP contribution in [0.4, 0.5) is 29.3 Å². The van der Waals surface area contributed by atoms with Crippen molar-refractivity contribution in [3.8, 4) is 11.9 Å². The van der Waals surface area contributed by atoms with E-state index in [-0.39, 0.29) is 11.8 Å². The largest absolute Gasteiger partial charge is 0.573 e. The van der Waals surface area contributed by atoms with Gasteiger partial charge in [0.05, 0.1) is 11.7 Å². The van der Waals surface area contributed by atoms with Crippen molar-refractivity contribution in [1.29, 1.82) is 5.26 Å². The lowest BCUT2D eigenvalue weighted by Crippen LogP contribution is -2.55. The molecule has 0 bridgehead atoms. The standard InChI is InChI=1S/C27H25F3N6O2/c1-19-7-5-6-10-23(19)34-25(32-18-31)35-15-16-36(24(17-35)20-8-3-2-4-9-20)26(37)33-21-11-13-22(14-12-21)38-27(28,29)30/h2-14,24H,15-17H2,1H3,(H,32,34)(H,33,37). The summed E-state index contributed by atoms with van der Waals surface area (Å²) in [5, 5.41) is 14.8. The molecular weight excluding hydrogens is 497 g/mol. The van der Waals surface area contributed by atoms with Gasteiger partial charge in [0, 0.05) is 25.3 Å². The fraction of sp³-hybridized carbons (Fsp3) is 0.222. The molecule has 1 aliphatic heterocycles. The van der Waals surface area contributed by atoms with Crippen molar-refractivity contribution in [3.63, 3.8) is 0 Å². The maximum Gasteiger partial charge on any atom is 0.573 e. The molecule has 2 N–H and O–H groups in total. The van der Waals surface area contributed by atoms with Crippen molar-refractivity contribution < 1.29 is 22.7 Å². The van der Waals surface area contributed by atoms with Gasteiger partial charge in [0.25, 0.3) is 0 Å². The van der Waals surface area contributed by atoms with E-state index in [0.29, 0.717) is 31.3 Å². The van der Waals surface area contributed by atoms with E-state index in [4.69, 9.17) is 0 Å². The molecule has 38 heavy (non-hydrogen) atoms. The summed E-state index contributed by atoms with van der Waals surface area (Å²) < 4.78 is 41.2. The van der Waals surface area contributed by atoms with Crippen LogP contribution in [0.1, 0.15) is 17.2 Å². The second kappa shape index (κ2) is 11.6. The van der Waals surface area contributed by atoms with Gasteiger partial charge in [-0.15, -0.1) is 13.2 Å². The Morgan fingerprint density at radius 2 is 1.71 bits per heavy atom. The minimum atomic E-state index is -4.80. The van der Waals surface area contributed by atoms with Gasteiger partial charge < -0.3 is 19.9 Å². The summed E-state index contributed by atoms with van der Waals surface area (Å²) in [6.45, 7) is 2.99. The molecule has 1 aliphatic rings. The fourth-order valence-corrected chi connectivity index (χ4v) is 4.14. The van der Waals surface area contributed by atoms with E-state index in [1.54, 1.807) is 4.90 Å². The van der Waals surface area contributed by atoms with Crippen LogP contribution in [0.15, 0.2) is 83.9 Å². The summed E-state index contributed by atoms with van der Waals surface area (Å²) in [6, 6.07) is 21.2. The maximum absolute atomic E-state index is 13.3. The van der Waals surface area contributed by atoms with Gasteiger partial charge >= 0.3 is 12.4 Å². The molecule has 3 aromatic carbocycles. The van der Waals surface area contributed by atoms with E-state index in [0.717, 1.165) is 28.9 Å². The highest BCUT2D eigenvalue weighted by molar-refractivity contribution is 5.90. The average Bonchev–Trinajstić information content (AvgIpc) is 2.90. The highest BCUT2D eigenvalue weighted by Crippen LogP contribution is 2.28. The molecule has 8 nitrogen and oxygen atoms in total. The van der Waals surface area contributed by atoms with Crippen LogP contribution in [0.3, 0.4) is 0 Å². The van der Waals surface area contributed by atoms with Crippen LogP contribution in [0.25, 0.3) is 0 Å². The van der Waals surface area contributed by atoms with Gasteiger partial charge in [-0.3, -0.25) is 5.32 Å². The lowest BCUT2D eigenvalue weighted by atomic mass is 10.0. The zero-order chi connectivity index (χ0) is 27.1. The molecule has 3 aromatic rings. The van der Waals surface area contributed by atoms with Crippen molar-refractivity contribution in [1.82, 2.24) is 15.1 Å². The fourth-order valence-electron chi connectivity index (χ4n) is 4.14. The third kappa shape index (κ3) is 6.73. The second-order valence-electron chi connectivity index (χ2n) is 8.53. The number of nitrogens with one attached hydrogen (secondary N) is 2. The quantitative estimate of drug-likeness (QED) is 0.203. The van der Waals surface area contributed by atoms with E-state index < -0.39 is 12.4 Å². The number of guanidine groups is 1. The zero-order valence-electron chi connectivity index (χ0n) is 20.4. The van der Waals surface area contributed by atoms with Gasteiger partial charge in [0.2, 0.25) is 5.96 Å². The van der Waals surface area contributed by atoms with Crippen molar-refractivity contribution in [2.45, 2.75) is 19.3 Å². The van der Waals surface area contributed by atoms with Crippen molar-refractivity contribution >= 4 is 23.4 Å². The molecular formula is C27H25F3N6O2. The number of amides is 2. The number of alkyl halides is 3. The van der Waals surface area contributed by atoms with E-state index in [1.165, 1.54) is 12.1 Å². The van der Waals surface area contributed by atoms with Gasteiger partial charge in [-0.2, -0.15) is 5.26 Å². The molecule has 1 saturated heterocycles. The number of para-hydroxylation sites is 1. The predicted molar refractivity (Wildman–Crippen MR) is 137 cm³/mol. The smallest absolute Gasteiger partial charge is 0.406 e. The Balaban J connectivity index is 1.55. The van der Waals surface area contributed by atoms with E-state index in [1.807, 2.05) is 72.6 Å². The van der Waals surface area contributed by atoms with E-state index >= 15 is 0 Å². The molecule has 0 aromatic heterocycles. The molecule has 196 valence electrons. The number of benzene rings is 3. The highest BCUT2D eigenvalue weighted by Gasteiger charge is 2.34. The number of piperazine rings is 1. The number of halogens is 3. The van der Waals surface area contributed by atoms with Gasteiger partial charge in [-0.1, -0.05) is 48.5 Å². The van der Waals surface area contributed by atoms with Crippen LogP contribution >= 0.6 is 0 Å². The van der Waals surface area contributed by atoms with Crippen LogP contribution in [0, 0.1) is 18.4 Å². The van der Waals surface area contributed by atoms with E-state index in [9.17, 15) is 23.2 Å². The minimum Gasteiger partial charge on any atom is -0.406 e. The first-order valence-corrected chi connectivity index (χ1v) is 11.8. The number of hydrogen-bond acceptors (Lipinski definition) is 4. The number of nitrogens with zero attached hydrogens (tertiary/aromatic N) is 4. The summed E-state index contributed by atoms with van der Waals surface area (Å²) in [5.41, 5.74) is 2.88. The molecule has 0 saturated carbocycles. The predicted octanol–water partition coefficient (Wildman–Crippen LogP) is 5.54.